The van der Waals surface area contributed by atoms with Crippen molar-refractivity contribution in [2.75, 3.05) is 19.5 Å². The van der Waals surface area contributed by atoms with Gasteiger partial charge in [-0.05, 0) is 47.5 Å². The fourth-order valence-electron chi connectivity index (χ4n) is 3.95. The topological polar surface area (TPSA) is 91.2 Å². The number of anilines is 1. The standard InChI is InChI=1S/C29H25Cl2FN2O5/c1-37-25-11-10-19(12-27(25)38-2)26(13-20-21(30)15-33-16-22(20)31)39-29(36)18-8-6-17(7-9-18)14-34-23-4-3-5-24(35)28(23)32/h3-12,15-16,26,34-35H,13-14H2,1-2H3/p+1/t26-/m0/s1. The Kier molecular flexibility index (Phi) is 9.11. The molecule has 1 atom stereocenters. The highest BCUT2D eigenvalue weighted by atomic mass is 35.5. The number of halogens is 3. The molecular formula is C29H26Cl2FN2O5+. The molecule has 0 radical (unpaired) electrons. The van der Waals surface area contributed by atoms with Crippen molar-refractivity contribution >= 4 is 34.9 Å². The molecule has 0 aliphatic heterocycles. The Bertz CT molecular complexity index is 1450. The number of ether oxygens (including phenoxy) is 3. The molecule has 1 aromatic heterocycles. The van der Waals surface area contributed by atoms with Crippen LogP contribution in [0.3, 0.4) is 0 Å². The maximum absolute atomic E-state index is 14.0. The third kappa shape index (κ3) is 6.71. The molecule has 7 nitrogen and oxygen atoms in total. The number of aromatic nitrogens is 1. The van der Waals surface area contributed by atoms with Crippen LogP contribution in [-0.4, -0.2) is 25.3 Å². The van der Waals surface area contributed by atoms with Gasteiger partial charge in [-0.15, -0.1) is 0 Å². The van der Waals surface area contributed by atoms with Gasteiger partial charge in [0.25, 0.3) is 0 Å². The van der Waals surface area contributed by atoms with E-state index in [0.717, 1.165) is 5.56 Å². The molecule has 202 valence electrons. The molecule has 4 aromatic rings. The molecule has 0 amide bonds. The Morgan fingerprint density at radius 2 is 1.69 bits per heavy atom. The zero-order valence-electron chi connectivity index (χ0n) is 21.1. The number of hydrogen-bond donors (Lipinski definition) is 2. The zero-order valence-corrected chi connectivity index (χ0v) is 22.6. The number of carbonyl (C=O) groups excluding carboxylic acids is 1. The number of aromatic hydroxyl groups is 1. The highest BCUT2D eigenvalue weighted by Crippen LogP contribution is 2.35. The second kappa shape index (κ2) is 12.7. The van der Waals surface area contributed by atoms with Crippen LogP contribution in [0.25, 0.3) is 0 Å². The maximum atomic E-state index is 14.0. The lowest BCUT2D eigenvalue weighted by Crippen LogP contribution is -2.16. The van der Waals surface area contributed by atoms with Crippen LogP contribution in [0.1, 0.15) is 33.2 Å². The smallest absolute Gasteiger partial charge is 0.338 e. The molecule has 1 heterocycles. The third-order valence-electron chi connectivity index (χ3n) is 6.07. The predicted octanol–water partition coefficient (Wildman–Crippen LogP) is 6.42. The minimum Gasteiger partial charge on any atom is -0.505 e. The van der Waals surface area contributed by atoms with E-state index in [1.165, 1.54) is 26.4 Å². The number of benzene rings is 3. The average Bonchev–Trinajstić information content (AvgIpc) is 2.95. The lowest BCUT2D eigenvalue weighted by Gasteiger charge is -2.20. The summed E-state index contributed by atoms with van der Waals surface area (Å²) in [4.78, 5) is 16.1. The van der Waals surface area contributed by atoms with Gasteiger partial charge in [0, 0.05) is 18.5 Å². The largest absolute Gasteiger partial charge is 0.505 e. The number of hydrogen-bond acceptors (Lipinski definition) is 6. The first-order valence-corrected chi connectivity index (χ1v) is 12.6. The van der Waals surface area contributed by atoms with Gasteiger partial charge in [0.1, 0.15) is 16.1 Å². The van der Waals surface area contributed by atoms with Crippen LogP contribution < -0.4 is 19.8 Å². The molecule has 0 bridgehead atoms. The number of aromatic amines is 1. The summed E-state index contributed by atoms with van der Waals surface area (Å²) in [6.45, 7) is 0.284. The van der Waals surface area contributed by atoms with Crippen molar-refractivity contribution in [3.05, 3.63) is 111 Å². The van der Waals surface area contributed by atoms with E-state index in [4.69, 9.17) is 37.4 Å². The van der Waals surface area contributed by atoms with Gasteiger partial charge in [-0.25, -0.2) is 14.2 Å². The van der Waals surface area contributed by atoms with Crippen LogP contribution in [-0.2, 0) is 17.7 Å². The maximum Gasteiger partial charge on any atom is 0.338 e. The Morgan fingerprint density at radius 3 is 2.36 bits per heavy atom. The summed E-state index contributed by atoms with van der Waals surface area (Å²) in [5, 5.41) is 13.3. The number of phenolic OH excluding ortho intramolecular Hbond substituents is 1. The lowest BCUT2D eigenvalue weighted by molar-refractivity contribution is -0.377. The van der Waals surface area contributed by atoms with E-state index in [-0.39, 0.29) is 18.7 Å². The minimum atomic E-state index is -0.746. The normalized spacial score (nSPS) is 11.5. The quantitative estimate of drug-likeness (QED) is 0.213. The molecule has 0 saturated carbocycles. The Balaban J connectivity index is 1.54. The summed E-state index contributed by atoms with van der Waals surface area (Å²) in [5.41, 5.74) is 2.57. The number of esters is 1. The first-order chi connectivity index (χ1) is 18.8. The van der Waals surface area contributed by atoms with E-state index in [1.807, 2.05) is 0 Å². The van der Waals surface area contributed by atoms with Gasteiger partial charge in [0.05, 0.1) is 25.5 Å². The van der Waals surface area contributed by atoms with Crippen LogP contribution in [0.15, 0.2) is 73.1 Å². The van der Waals surface area contributed by atoms with Gasteiger partial charge >= 0.3 is 5.97 Å². The molecule has 4 rings (SSSR count). The molecule has 0 fully saturated rings. The molecule has 0 saturated heterocycles. The summed E-state index contributed by atoms with van der Waals surface area (Å²) in [6.07, 6.45) is 2.67. The summed E-state index contributed by atoms with van der Waals surface area (Å²) < 4.78 is 30.7. The summed E-state index contributed by atoms with van der Waals surface area (Å²) in [7, 11) is 3.06. The molecule has 3 N–H and O–H groups in total. The van der Waals surface area contributed by atoms with E-state index >= 15 is 0 Å². The average molecular weight is 572 g/mol. The number of pyridine rings is 1. The summed E-state index contributed by atoms with van der Waals surface area (Å²) in [5.74, 6) is -0.696. The fourth-order valence-corrected chi connectivity index (χ4v) is 4.48. The third-order valence-corrected chi connectivity index (χ3v) is 6.74. The molecule has 0 spiro atoms. The van der Waals surface area contributed by atoms with Gasteiger partial charge in [0.15, 0.2) is 35.5 Å². The highest BCUT2D eigenvalue weighted by Gasteiger charge is 2.24. The molecule has 39 heavy (non-hydrogen) atoms. The van der Waals surface area contributed by atoms with Crippen molar-refractivity contribution in [2.24, 2.45) is 0 Å². The van der Waals surface area contributed by atoms with Gasteiger partial charge < -0.3 is 24.6 Å². The Hall–Kier alpha value is -4.01. The summed E-state index contributed by atoms with van der Waals surface area (Å²) in [6, 6.07) is 16.3. The second-order valence-electron chi connectivity index (χ2n) is 8.53. The van der Waals surface area contributed by atoms with Crippen LogP contribution in [0.5, 0.6) is 17.2 Å². The molecule has 3 aromatic carbocycles. The van der Waals surface area contributed by atoms with Crippen LogP contribution in [0.2, 0.25) is 10.0 Å². The molecule has 10 heteroatoms. The molecule has 0 aliphatic carbocycles. The minimum absolute atomic E-state index is 0.173. The van der Waals surface area contributed by atoms with Crippen molar-refractivity contribution in [2.45, 2.75) is 19.1 Å². The Morgan fingerprint density at radius 1 is 1.00 bits per heavy atom. The van der Waals surface area contributed by atoms with E-state index in [2.05, 4.69) is 10.3 Å². The number of carbonyl (C=O) groups is 1. The zero-order chi connectivity index (χ0) is 27.9. The van der Waals surface area contributed by atoms with Crippen molar-refractivity contribution in [1.29, 1.82) is 0 Å². The first kappa shape index (κ1) is 28.0. The predicted molar refractivity (Wildman–Crippen MR) is 146 cm³/mol. The van der Waals surface area contributed by atoms with Crippen molar-refractivity contribution in [3.8, 4) is 17.2 Å². The van der Waals surface area contributed by atoms with E-state index < -0.39 is 23.6 Å². The second-order valence-corrected chi connectivity index (χ2v) is 9.35. The van der Waals surface area contributed by atoms with E-state index in [0.29, 0.717) is 38.2 Å². The van der Waals surface area contributed by atoms with Gasteiger partial charge in [-0.3, -0.25) is 0 Å². The number of phenols is 1. The number of rotatable bonds is 10. The highest BCUT2D eigenvalue weighted by molar-refractivity contribution is 6.35. The SMILES string of the molecule is COc1ccc([C@H](Cc2c(Cl)c[nH+]cc2Cl)OC(=O)c2ccc(CNc3cccc(O)c3F)cc2)cc1OC. The first-order valence-electron chi connectivity index (χ1n) is 11.9. The van der Waals surface area contributed by atoms with Gasteiger partial charge in [0.2, 0.25) is 0 Å². The van der Waals surface area contributed by atoms with Crippen molar-refractivity contribution < 1.29 is 33.5 Å². The number of nitrogens with one attached hydrogen (secondary N) is 2. The van der Waals surface area contributed by atoms with E-state index in [1.54, 1.807) is 60.9 Å². The van der Waals surface area contributed by atoms with Crippen LogP contribution in [0.4, 0.5) is 10.1 Å². The van der Waals surface area contributed by atoms with Crippen molar-refractivity contribution in [3.63, 3.8) is 0 Å². The molecule has 0 unspecified atom stereocenters. The Labute approximate surface area is 235 Å². The lowest BCUT2D eigenvalue weighted by atomic mass is 10.0. The van der Waals surface area contributed by atoms with Gasteiger partial charge in [-0.1, -0.05) is 47.5 Å². The van der Waals surface area contributed by atoms with Crippen LogP contribution in [0, 0.1) is 5.82 Å². The van der Waals surface area contributed by atoms with Gasteiger partial charge in [-0.2, -0.15) is 0 Å². The summed E-state index contributed by atoms with van der Waals surface area (Å²) >= 11 is 12.8. The molecule has 0 aliphatic rings. The number of H-pyrrole nitrogens is 1. The fraction of sp³-hybridized carbons (Fsp3) is 0.172. The van der Waals surface area contributed by atoms with E-state index in [9.17, 15) is 14.3 Å². The van der Waals surface area contributed by atoms with Crippen molar-refractivity contribution in [1.82, 2.24) is 0 Å². The monoisotopic (exact) mass is 571 g/mol. The van der Waals surface area contributed by atoms with Crippen LogP contribution >= 0.6 is 23.2 Å². The number of methoxy groups -OCH3 is 2. The molecular weight excluding hydrogens is 546 g/mol.